The van der Waals surface area contributed by atoms with Crippen molar-refractivity contribution in [3.8, 4) is 34.4 Å². The van der Waals surface area contributed by atoms with Crippen LogP contribution in [0.1, 0.15) is 5.56 Å². The Labute approximate surface area is 111 Å². The molecule has 2 aromatic carbocycles. The summed E-state index contributed by atoms with van der Waals surface area (Å²) in [5, 5.41) is 18.6. The summed E-state index contributed by atoms with van der Waals surface area (Å²) in [6.07, 6.45) is 0. The SMILES string of the molecule is COc1ccc(OC)c(-c2ccc(C#N)c(O)c2)c1. The van der Waals surface area contributed by atoms with Crippen molar-refractivity contribution >= 4 is 0 Å². The van der Waals surface area contributed by atoms with Crippen LogP contribution < -0.4 is 9.47 Å². The van der Waals surface area contributed by atoms with Gasteiger partial charge in [0.2, 0.25) is 0 Å². The lowest BCUT2D eigenvalue weighted by Crippen LogP contribution is -1.90. The quantitative estimate of drug-likeness (QED) is 0.915. The highest BCUT2D eigenvalue weighted by molar-refractivity contribution is 5.74. The maximum atomic E-state index is 9.75. The summed E-state index contributed by atoms with van der Waals surface area (Å²) in [5.74, 6) is 1.31. The van der Waals surface area contributed by atoms with E-state index in [1.54, 1.807) is 38.5 Å². The zero-order chi connectivity index (χ0) is 13.8. The number of hydrogen-bond donors (Lipinski definition) is 1. The average Bonchev–Trinajstić information content (AvgIpc) is 2.46. The molecule has 1 N–H and O–H groups in total. The second kappa shape index (κ2) is 5.32. The monoisotopic (exact) mass is 255 g/mol. The van der Waals surface area contributed by atoms with Gasteiger partial charge in [-0.15, -0.1) is 0 Å². The Morgan fingerprint density at radius 3 is 2.42 bits per heavy atom. The van der Waals surface area contributed by atoms with Gasteiger partial charge in [0.1, 0.15) is 23.3 Å². The van der Waals surface area contributed by atoms with Gasteiger partial charge in [-0.3, -0.25) is 0 Å². The molecule has 0 aliphatic heterocycles. The summed E-state index contributed by atoms with van der Waals surface area (Å²) >= 11 is 0. The number of nitrogens with zero attached hydrogens (tertiary/aromatic N) is 1. The molecule has 0 saturated carbocycles. The Kier molecular flexibility index (Phi) is 3.58. The third-order valence-corrected chi connectivity index (χ3v) is 2.84. The Morgan fingerprint density at radius 2 is 1.84 bits per heavy atom. The van der Waals surface area contributed by atoms with E-state index in [4.69, 9.17) is 14.7 Å². The molecule has 96 valence electrons. The van der Waals surface area contributed by atoms with E-state index in [0.717, 1.165) is 11.1 Å². The highest BCUT2D eigenvalue weighted by Gasteiger charge is 2.10. The minimum absolute atomic E-state index is 0.0510. The number of rotatable bonds is 3. The third kappa shape index (κ3) is 2.45. The zero-order valence-corrected chi connectivity index (χ0v) is 10.7. The molecular weight excluding hydrogens is 242 g/mol. The van der Waals surface area contributed by atoms with E-state index in [0.29, 0.717) is 11.5 Å². The Bertz CT molecular complexity index is 644. The van der Waals surface area contributed by atoms with Crippen LogP contribution >= 0.6 is 0 Å². The van der Waals surface area contributed by atoms with Gasteiger partial charge >= 0.3 is 0 Å². The van der Waals surface area contributed by atoms with E-state index in [1.165, 1.54) is 6.07 Å². The predicted molar refractivity (Wildman–Crippen MR) is 71.4 cm³/mol. The topological polar surface area (TPSA) is 62.5 Å². The normalized spacial score (nSPS) is 9.74. The molecule has 2 rings (SSSR count). The van der Waals surface area contributed by atoms with E-state index in [1.807, 2.05) is 12.1 Å². The highest BCUT2D eigenvalue weighted by atomic mass is 16.5. The van der Waals surface area contributed by atoms with Crippen LogP contribution in [-0.4, -0.2) is 19.3 Å². The number of hydrogen-bond acceptors (Lipinski definition) is 4. The van der Waals surface area contributed by atoms with Crippen molar-refractivity contribution in [1.29, 1.82) is 5.26 Å². The summed E-state index contributed by atoms with van der Waals surface area (Å²) in [4.78, 5) is 0. The van der Waals surface area contributed by atoms with Crippen LogP contribution in [0.25, 0.3) is 11.1 Å². The van der Waals surface area contributed by atoms with Crippen molar-refractivity contribution in [3.05, 3.63) is 42.0 Å². The first kappa shape index (κ1) is 12.8. The molecular formula is C15H13NO3. The Balaban J connectivity index is 2.57. The lowest BCUT2D eigenvalue weighted by atomic mass is 10.0. The minimum Gasteiger partial charge on any atom is -0.507 e. The number of phenolic OH excluding ortho intramolecular Hbond substituents is 1. The summed E-state index contributed by atoms with van der Waals surface area (Å²) < 4.78 is 10.5. The second-order valence-electron chi connectivity index (χ2n) is 3.91. The minimum atomic E-state index is -0.0510. The summed E-state index contributed by atoms with van der Waals surface area (Å²) in [6.45, 7) is 0. The fraction of sp³-hybridized carbons (Fsp3) is 0.133. The number of phenols is 1. The molecule has 4 nitrogen and oxygen atoms in total. The first-order valence-corrected chi connectivity index (χ1v) is 5.65. The number of benzene rings is 2. The van der Waals surface area contributed by atoms with Gasteiger partial charge in [0.25, 0.3) is 0 Å². The molecule has 0 unspecified atom stereocenters. The number of aromatic hydroxyl groups is 1. The first-order valence-electron chi connectivity index (χ1n) is 5.65. The molecule has 0 heterocycles. The number of nitriles is 1. The molecule has 0 bridgehead atoms. The molecule has 0 atom stereocenters. The van der Waals surface area contributed by atoms with Gasteiger partial charge in [-0.05, 0) is 35.9 Å². The standard InChI is InChI=1S/C15H13NO3/c1-18-12-5-6-15(19-2)13(8-12)10-3-4-11(9-16)14(17)7-10/h3-8,17H,1-2H3. The molecule has 2 aromatic rings. The lowest BCUT2D eigenvalue weighted by Gasteiger charge is -2.11. The largest absolute Gasteiger partial charge is 0.507 e. The summed E-state index contributed by atoms with van der Waals surface area (Å²) in [7, 11) is 3.16. The molecule has 4 heteroatoms. The van der Waals surface area contributed by atoms with Gasteiger partial charge in [0.05, 0.1) is 19.8 Å². The highest BCUT2D eigenvalue weighted by Crippen LogP contribution is 2.35. The van der Waals surface area contributed by atoms with E-state index in [-0.39, 0.29) is 11.3 Å². The molecule has 0 aliphatic carbocycles. The molecule has 0 saturated heterocycles. The van der Waals surface area contributed by atoms with Gasteiger partial charge in [-0.2, -0.15) is 5.26 Å². The fourth-order valence-corrected chi connectivity index (χ4v) is 1.83. The van der Waals surface area contributed by atoms with Gasteiger partial charge in [0, 0.05) is 5.56 Å². The van der Waals surface area contributed by atoms with E-state index in [9.17, 15) is 5.11 Å². The van der Waals surface area contributed by atoms with Crippen LogP contribution in [0.4, 0.5) is 0 Å². The zero-order valence-electron chi connectivity index (χ0n) is 10.7. The molecule has 0 aromatic heterocycles. The lowest BCUT2D eigenvalue weighted by molar-refractivity contribution is 0.404. The van der Waals surface area contributed by atoms with E-state index >= 15 is 0 Å². The summed E-state index contributed by atoms with van der Waals surface area (Å²) in [5.41, 5.74) is 1.79. The fourth-order valence-electron chi connectivity index (χ4n) is 1.83. The second-order valence-corrected chi connectivity index (χ2v) is 3.91. The van der Waals surface area contributed by atoms with Crippen LogP contribution in [0.5, 0.6) is 17.2 Å². The molecule has 19 heavy (non-hydrogen) atoms. The van der Waals surface area contributed by atoms with Crippen molar-refractivity contribution in [2.75, 3.05) is 14.2 Å². The molecule has 0 spiro atoms. The van der Waals surface area contributed by atoms with Crippen molar-refractivity contribution in [2.24, 2.45) is 0 Å². The van der Waals surface area contributed by atoms with Gasteiger partial charge in [-0.25, -0.2) is 0 Å². The summed E-state index contributed by atoms with van der Waals surface area (Å²) in [6, 6.07) is 12.2. The molecule has 0 aliphatic rings. The van der Waals surface area contributed by atoms with Crippen LogP contribution in [0.15, 0.2) is 36.4 Å². The van der Waals surface area contributed by atoms with Crippen LogP contribution in [0.2, 0.25) is 0 Å². The van der Waals surface area contributed by atoms with Gasteiger partial charge < -0.3 is 14.6 Å². The van der Waals surface area contributed by atoms with E-state index < -0.39 is 0 Å². The maximum absolute atomic E-state index is 9.75. The Hall–Kier alpha value is -2.67. The van der Waals surface area contributed by atoms with Crippen molar-refractivity contribution < 1.29 is 14.6 Å². The predicted octanol–water partition coefficient (Wildman–Crippen LogP) is 2.95. The molecule has 0 amide bonds. The first-order chi connectivity index (χ1) is 9.19. The van der Waals surface area contributed by atoms with E-state index in [2.05, 4.69) is 0 Å². The average molecular weight is 255 g/mol. The van der Waals surface area contributed by atoms with Crippen molar-refractivity contribution in [3.63, 3.8) is 0 Å². The van der Waals surface area contributed by atoms with Crippen LogP contribution in [-0.2, 0) is 0 Å². The van der Waals surface area contributed by atoms with Crippen molar-refractivity contribution in [2.45, 2.75) is 0 Å². The van der Waals surface area contributed by atoms with Gasteiger partial charge in [0.15, 0.2) is 0 Å². The van der Waals surface area contributed by atoms with Crippen molar-refractivity contribution in [1.82, 2.24) is 0 Å². The van der Waals surface area contributed by atoms with Crippen LogP contribution in [0, 0.1) is 11.3 Å². The smallest absolute Gasteiger partial charge is 0.133 e. The third-order valence-electron chi connectivity index (χ3n) is 2.84. The Morgan fingerprint density at radius 1 is 1.05 bits per heavy atom. The molecule has 0 radical (unpaired) electrons. The maximum Gasteiger partial charge on any atom is 0.133 e. The van der Waals surface area contributed by atoms with Gasteiger partial charge in [-0.1, -0.05) is 6.07 Å². The number of ether oxygens (including phenoxy) is 2. The van der Waals surface area contributed by atoms with Crippen LogP contribution in [0.3, 0.4) is 0 Å². The number of methoxy groups -OCH3 is 2. The molecule has 0 fully saturated rings.